The van der Waals surface area contributed by atoms with Crippen LogP contribution in [0.15, 0.2) is 16.6 Å². The Morgan fingerprint density at radius 3 is 1.62 bits per heavy atom. The second-order valence-corrected chi connectivity index (χ2v) is 9.02. The molecular weight excluding hydrogens is 400 g/mol. The van der Waals surface area contributed by atoms with Gasteiger partial charge in [-0.3, -0.25) is 0 Å². The highest BCUT2D eigenvalue weighted by Crippen LogP contribution is 2.26. The Morgan fingerprint density at radius 1 is 0.615 bits per heavy atom. The number of thiol groups is 1. The van der Waals surface area contributed by atoms with Gasteiger partial charge in [0.1, 0.15) is 0 Å². The second-order valence-electron chi connectivity index (χ2n) is 7.72. The third kappa shape index (κ3) is 10.4. The molecule has 0 aromatic heterocycles. The lowest BCUT2D eigenvalue weighted by Gasteiger charge is -2.14. The predicted octanol–water partition coefficient (Wildman–Crippen LogP) is 8.73. The molecule has 2 heteroatoms. The zero-order valence-corrected chi connectivity index (χ0v) is 19.8. The fraction of sp³-hybridized carbons (Fsp3) is 0.750. The summed E-state index contributed by atoms with van der Waals surface area (Å²) in [6.45, 7) is 4.57. The smallest absolute Gasteiger partial charge is 0.0210 e. The standard InChI is InChI=1S/C24H41BrS/c1-3-5-7-9-11-13-15-21-20-24(25)23(19-22(21)17-18-26)16-14-12-10-8-6-4-2/h19-20,26H,3-18H2,1-2H3. The molecule has 0 nitrogen and oxygen atoms in total. The van der Waals surface area contributed by atoms with Gasteiger partial charge in [-0.1, -0.05) is 100 Å². The number of aryl methyl sites for hydroxylation is 3. The van der Waals surface area contributed by atoms with Crippen molar-refractivity contribution in [1.82, 2.24) is 0 Å². The number of benzene rings is 1. The van der Waals surface area contributed by atoms with Gasteiger partial charge in [0, 0.05) is 4.47 Å². The van der Waals surface area contributed by atoms with Crippen molar-refractivity contribution in [2.24, 2.45) is 0 Å². The molecule has 1 rings (SSSR count). The van der Waals surface area contributed by atoms with Gasteiger partial charge in [-0.15, -0.1) is 0 Å². The van der Waals surface area contributed by atoms with Crippen molar-refractivity contribution in [3.05, 3.63) is 33.3 Å². The van der Waals surface area contributed by atoms with Crippen LogP contribution in [0.25, 0.3) is 0 Å². The first-order valence-corrected chi connectivity index (χ1v) is 12.6. The lowest BCUT2D eigenvalue weighted by Crippen LogP contribution is -2.00. The third-order valence-corrected chi connectivity index (χ3v) is 6.31. The van der Waals surface area contributed by atoms with E-state index >= 15 is 0 Å². The third-order valence-electron chi connectivity index (χ3n) is 5.35. The molecule has 0 heterocycles. The van der Waals surface area contributed by atoms with Crippen LogP contribution in [-0.4, -0.2) is 5.75 Å². The van der Waals surface area contributed by atoms with Gasteiger partial charge in [-0.25, -0.2) is 0 Å². The Bertz CT molecular complexity index is 470. The molecular formula is C24H41BrS. The molecule has 0 spiro atoms. The lowest BCUT2D eigenvalue weighted by atomic mass is 9.95. The van der Waals surface area contributed by atoms with E-state index < -0.39 is 0 Å². The summed E-state index contributed by atoms with van der Waals surface area (Å²) in [7, 11) is 0. The molecule has 26 heavy (non-hydrogen) atoms. The fourth-order valence-corrected chi connectivity index (χ4v) is 4.51. The molecule has 0 fully saturated rings. The zero-order chi connectivity index (χ0) is 19.0. The summed E-state index contributed by atoms with van der Waals surface area (Å²) in [5.41, 5.74) is 4.59. The average Bonchev–Trinajstić information content (AvgIpc) is 2.64. The molecule has 150 valence electrons. The number of hydrogen-bond donors (Lipinski definition) is 1. The maximum absolute atomic E-state index is 4.49. The number of halogens is 1. The lowest BCUT2D eigenvalue weighted by molar-refractivity contribution is 0.604. The number of unbranched alkanes of at least 4 members (excludes halogenated alkanes) is 10. The molecule has 0 saturated carbocycles. The van der Waals surface area contributed by atoms with E-state index in [9.17, 15) is 0 Å². The van der Waals surface area contributed by atoms with E-state index in [1.807, 2.05) is 0 Å². The van der Waals surface area contributed by atoms with Crippen molar-refractivity contribution in [1.29, 1.82) is 0 Å². The molecule has 0 amide bonds. The monoisotopic (exact) mass is 440 g/mol. The molecule has 0 unspecified atom stereocenters. The quantitative estimate of drug-likeness (QED) is 0.192. The largest absolute Gasteiger partial charge is 0.179 e. The molecule has 0 saturated heterocycles. The molecule has 0 aliphatic rings. The molecule has 0 radical (unpaired) electrons. The topological polar surface area (TPSA) is 0 Å². The summed E-state index contributed by atoms with van der Waals surface area (Å²) < 4.78 is 1.33. The van der Waals surface area contributed by atoms with Gasteiger partial charge in [-0.05, 0) is 60.6 Å². The van der Waals surface area contributed by atoms with Crippen molar-refractivity contribution >= 4 is 28.6 Å². The molecule has 0 N–H and O–H groups in total. The Kier molecular flexibility index (Phi) is 14.9. The van der Waals surface area contributed by atoms with Gasteiger partial charge in [0.25, 0.3) is 0 Å². The average molecular weight is 442 g/mol. The minimum Gasteiger partial charge on any atom is -0.179 e. The van der Waals surface area contributed by atoms with E-state index in [1.165, 1.54) is 105 Å². The highest BCUT2D eigenvalue weighted by atomic mass is 79.9. The van der Waals surface area contributed by atoms with E-state index in [2.05, 4.69) is 54.5 Å². The minimum atomic E-state index is 0.946. The minimum absolute atomic E-state index is 0.946. The summed E-state index contributed by atoms with van der Waals surface area (Å²) in [6, 6.07) is 4.88. The van der Waals surface area contributed by atoms with Crippen LogP contribution in [0.2, 0.25) is 0 Å². The number of hydrogen-bond acceptors (Lipinski definition) is 1. The van der Waals surface area contributed by atoms with E-state index in [1.54, 1.807) is 5.56 Å². The molecule has 1 aromatic carbocycles. The Hall–Kier alpha value is 0.0500. The van der Waals surface area contributed by atoms with Crippen LogP contribution in [0, 0.1) is 0 Å². The molecule has 0 bridgehead atoms. The van der Waals surface area contributed by atoms with Crippen molar-refractivity contribution in [2.75, 3.05) is 5.75 Å². The molecule has 0 atom stereocenters. The summed E-state index contributed by atoms with van der Waals surface area (Å²) in [5.74, 6) is 0.946. The first-order valence-electron chi connectivity index (χ1n) is 11.1. The summed E-state index contributed by atoms with van der Waals surface area (Å²) in [5, 5.41) is 0. The zero-order valence-electron chi connectivity index (χ0n) is 17.3. The Morgan fingerprint density at radius 2 is 1.08 bits per heavy atom. The van der Waals surface area contributed by atoms with Gasteiger partial charge in [-0.2, -0.15) is 12.6 Å². The molecule has 0 aliphatic carbocycles. The van der Waals surface area contributed by atoms with Crippen LogP contribution in [0.1, 0.15) is 108 Å². The van der Waals surface area contributed by atoms with Gasteiger partial charge in [0.15, 0.2) is 0 Å². The number of rotatable bonds is 16. The fourth-order valence-electron chi connectivity index (χ4n) is 3.68. The van der Waals surface area contributed by atoms with E-state index in [4.69, 9.17) is 0 Å². The molecule has 0 aliphatic heterocycles. The van der Waals surface area contributed by atoms with Crippen LogP contribution in [0.5, 0.6) is 0 Å². The maximum atomic E-state index is 4.49. The maximum Gasteiger partial charge on any atom is 0.0210 e. The molecule has 1 aromatic rings. The highest BCUT2D eigenvalue weighted by molar-refractivity contribution is 9.10. The van der Waals surface area contributed by atoms with Gasteiger partial charge in [0.2, 0.25) is 0 Å². The second kappa shape index (κ2) is 16.0. The highest BCUT2D eigenvalue weighted by Gasteiger charge is 2.08. The van der Waals surface area contributed by atoms with Gasteiger partial charge < -0.3 is 0 Å². The van der Waals surface area contributed by atoms with Crippen molar-refractivity contribution in [3.8, 4) is 0 Å². The Balaban J connectivity index is 2.51. The van der Waals surface area contributed by atoms with Crippen LogP contribution in [-0.2, 0) is 19.3 Å². The van der Waals surface area contributed by atoms with Crippen molar-refractivity contribution in [2.45, 2.75) is 110 Å². The van der Waals surface area contributed by atoms with E-state index in [-0.39, 0.29) is 0 Å². The van der Waals surface area contributed by atoms with Crippen LogP contribution in [0.4, 0.5) is 0 Å². The summed E-state index contributed by atoms with van der Waals surface area (Å²) in [6.07, 6.45) is 20.0. The van der Waals surface area contributed by atoms with Crippen LogP contribution >= 0.6 is 28.6 Å². The first kappa shape index (κ1) is 24.1. The summed E-state index contributed by atoms with van der Waals surface area (Å²) >= 11 is 8.34. The van der Waals surface area contributed by atoms with E-state index in [0.29, 0.717) is 0 Å². The van der Waals surface area contributed by atoms with Crippen molar-refractivity contribution < 1.29 is 0 Å². The van der Waals surface area contributed by atoms with Gasteiger partial charge >= 0.3 is 0 Å². The van der Waals surface area contributed by atoms with Crippen molar-refractivity contribution in [3.63, 3.8) is 0 Å². The van der Waals surface area contributed by atoms with Crippen LogP contribution in [0.3, 0.4) is 0 Å². The predicted molar refractivity (Wildman–Crippen MR) is 126 cm³/mol. The normalized spacial score (nSPS) is 11.2. The van der Waals surface area contributed by atoms with Crippen LogP contribution < -0.4 is 0 Å². The van der Waals surface area contributed by atoms with Gasteiger partial charge in [0.05, 0.1) is 0 Å². The van der Waals surface area contributed by atoms with E-state index in [0.717, 1.165) is 12.2 Å². The Labute approximate surface area is 177 Å². The SMILES string of the molecule is CCCCCCCCc1cc(CCS)c(CCCCCCCC)cc1Br. The first-order chi connectivity index (χ1) is 12.7. The summed E-state index contributed by atoms with van der Waals surface area (Å²) in [4.78, 5) is 0.